The summed E-state index contributed by atoms with van der Waals surface area (Å²) in [5, 5.41) is 0. The summed E-state index contributed by atoms with van der Waals surface area (Å²) < 4.78 is 13.0. The number of carbonyl (C=O) groups excluding carboxylic acids is 2. The van der Waals surface area contributed by atoms with Crippen LogP contribution in [-0.4, -0.2) is 31.6 Å². The number of hydrogen-bond acceptors (Lipinski definition) is 4. The Labute approximate surface area is 166 Å². The minimum atomic E-state index is -3.56. The molecule has 0 N–H and O–H groups in total. The SMILES string of the molecule is CCCCCCCCCCCC(=O)[O][Sn]([CH2]CCC)([CH2]CCC)[O]C=O. The zero-order chi connectivity index (χ0) is 19.5. The second-order valence-electron chi connectivity index (χ2n) is 7.38. The molecule has 4 nitrogen and oxygen atoms in total. The van der Waals surface area contributed by atoms with Gasteiger partial charge in [0.2, 0.25) is 0 Å². The molecule has 26 heavy (non-hydrogen) atoms. The summed E-state index contributed by atoms with van der Waals surface area (Å²) in [7, 11) is 0. The van der Waals surface area contributed by atoms with Gasteiger partial charge < -0.3 is 0 Å². The Balaban J connectivity index is 4.12. The van der Waals surface area contributed by atoms with Crippen molar-refractivity contribution < 1.29 is 15.7 Å². The number of unbranched alkanes of at least 4 members (excludes halogenated alkanes) is 10. The Morgan fingerprint density at radius 3 is 1.65 bits per heavy atom. The Hall–Kier alpha value is -0.261. The van der Waals surface area contributed by atoms with Gasteiger partial charge in [-0.1, -0.05) is 6.92 Å². The zero-order valence-electron chi connectivity index (χ0n) is 17.5. The molecule has 0 aromatic rings. The van der Waals surface area contributed by atoms with Gasteiger partial charge in [-0.15, -0.1) is 0 Å². The molecular weight excluding hydrogens is 435 g/mol. The van der Waals surface area contributed by atoms with E-state index in [1.165, 1.54) is 44.9 Å². The maximum absolute atomic E-state index is 12.3. The Kier molecular flexibility index (Phi) is 17.9. The van der Waals surface area contributed by atoms with Crippen LogP contribution in [0.3, 0.4) is 0 Å². The first-order valence-electron chi connectivity index (χ1n) is 11.0. The second kappa shape index (κ2) is 18.1. The molecule has 0 spiro atoms. The first kappa shape index (κ1) is 25.7. The molecule has 0 atom stereocenters. The van der Waals surface area contributed by atoms with Gasteiger partial charge in [-0.25, -0.2) is 0 Å². The monoisotopic (exact) mass is 478 g/mol. The van der Waals surface area contributed by atoms with Crippen LogP contribution >= 0.6 is 0 Å². The summed E-state index contributed by atoms with van der Waals surface area (Å²) in [6.45, 7) is 6.98. The van der Waals surface area contributed by atoms with Gasteiger partial charge in [-0.3, -0.25) is 0 Å². The molecule has 0 saturated heterocycles. The van der Waals surface area contributed by atoms with Gasteiger partial charge in [-0.2, -0.15) is 0 Å². The van der Waals surface area contributed by atoms with E-state index < -0.39 is 19.2 Å². The Bertz CT molecular complexity index is 339. The van der Waals surface area contributed by atoms with Gasteiger partial charge in [0.05, 0.1) is 0 Å². The fourth-order valence-electron chi connectivity index (χ4n) is 3.19. The molecule has 0 fully saturated rings. The Morgan fingerprint density at radius 2 is 1.19 bits per heavy atom. The standard InChI is InChI=1S/C12H24O2.2C4H9.CH2O2.Sn/c1-2-3-4-5-6-7-8-9-10-11-12(13)14;2*1-3-4-2;2-1-3;/h2-11H2,1H3,(H,13,14);2*1,3-4H2,2H3;1H,(H,2,3);/q;;;;+2/p-2. The molecule has 154 valence electrons. The van der Waals surface area contributed by atoms with Crippen molar-refractivity contribution >= 4 is 31.6 Å². The van der Waals surface area contributed by atoms with Gasteiger partial charge in [0.25, 0.3) is 0 Å². The van der Waals surface area contributed by atoms with Crippen molar-refractivity contribution in [3.8, 4) is 0 Å². The van der Waals surface area contributed by atoms with E-state index in [1.54, 1.807) is 0 Å². The number of rotatable bonds is 19. The van der Waals surface area contributed by atoms with Crippen LogP contribution in [0.25, 0.3) is 0 Å². The number of hydrogen-bond donors (Lipinski definition) is 0. The molecule has 5 heteroatoms. The second-order valence-corrected chi connectivity index (χ2v) is 16.7. The summed E-state index contributed by atoms with van der Waals surface area (Å²) in [6, 6.07) is 0. The molecule has 0 aliphatic heterocycles. The summed E-state index contributed by atoms with van der Waals surface area (Å²) in [4.78, 5) is 23.3. The molecule has 0 aliphatic rings. The van der Waals surface area contributed by atoms with Crippen LogP contribution in [0.4, 0.5) is 0 Å². The molecule has 0 amide bonds. The van der Waals surface area contributed by atoms with E-state index in [2.05, 4.69) is 20.8 Å². The van der Waals surface area contributed by atoms with Crippen LogP contribution in [0.15, 0.2) is 0 Å². The molecule has 0 bridgehead atoms. The van der Waals surface area contributed by atoms with Crippen molar-refractivity contribution in [2.75, 3.05) is 0 Å². The van der Waals surface area contributed by atoms with Crippen LogP contribution in [0.5, 0.6) is 0 Å². The fraction of sp³-hybridized carbons (Fsp3) is 0.905. The third-order valence-corrected chi connectivity index (χ3v) is 14.4. The normalized spacial score (nSPS) is 11.3. The van der Waals surface area contributed by atoms with E-state index in [-0.39, 0.29) is 5.97 Å². The van der Waals surface area contributed by atoms with Crippen LogP contribution < -0.4 is 0 Å². The van der Waals surface area contributed by atoms with Crippen LogP contribution in [0.2, 0.25) is 8.87 Å². The number of carbonyl (C=O) groups is 2. The van der Waals surface area contributed by atoms with Crippen molar-refractivity contribution in [2.45, 2.75) is 120 Å². The first-order valence-corrected chi connectivity index (χ1v) is 17.3. The molecule has 0 aromatic heterocycles. The third kappa shape index (κ3) is 13.9. The topological polar surface area (TPSA) is 52.6 Å². The quantitative estimate of drug-likeness (QED) is 0.119. The molecule has 0 saturated carbocycles. The van der Waals surface area contributed by atoms with Crippen molar-refractivity contribution in [3.05, 3.63) is 0 Å². The summed E-state index contributed by atoms with van der Waals surface area (Å²) in [5.41, 5.74) is 0. The average Bonchev–Trinajstić information content (AvgIpc) is 2.63. The van der Waals surface area contributed by atoms with Gasteiger partial charge >= 0.3 is 160 Å². The van der Waals surface area contributed by atoms with Crippen LogP contribution in [0, 0.1) is 0 Å². The molecule has 0 radical (unpaired) electrons. The molecule has 0 rings (SSSR count). The van der Waals surface area contributed by atoms with Gasteiger partial charge in [0, 0.05) is 0 Å². The van der Waals surface area contributed by atoms with Crippen LogP contribution in [-0.2, 0) is 15.7 Å². The summed E-state index contributed by atoms with van der Waals surface area (Å²) in [5.74, 6) is -0.141. The van der Waals surface area contributed by atoms with Gasteiger partial charge in [0.1, 0.15) is 0 Å². The van der Waals surface area contributed by atoms with Crippen molar-refractivity contribution in [1.29, 1.82) is 0 Å². The van der Waals surface area contributed by atoms with E-state index in [0.717, 1.165) is 47.4 Å². The van der Waals surface area contributed by atoms with E-state index in [4.69, 9.17) is 6.15 Å². The molecule has 0 heterocycles. The predicted molar refractivity (Wildman–Crippen MR) is 110 cm³/mol. The average molecular weight is 477 g/mol. The van der Waals surface area contributed by atoms with E-state index in [9.17, 15) is 9.59 Å². The zero-order valence-corrected chi connectivity index (χ0v) is 20.4. The summed E-state index contributed by atoms with van der Waals surface area (Å²) >= 11 is -3.56. The Morgan fingerprint density at radius 1 is 0.731 bits per heavy atom. The fourth-order valence-corrected chi connectivity index (χ4v) is 12.4. The van der Waals surface area contributed by atoms with E-state index >= 15 is 0 Å². The third-order valence-electron chi connectivity index (χ3n) is 4.87. The van der Waals surface area contributed by atoms with Crippen molar-refractivity contribution in [3.63, 3.8) is 0 Å². The molecular formula is C21H42O4Sn. The predicted octanol–water partition coefficient (Wildman–Crippen LogP) is 6.67. The van der Waals surface area contributed by atoms with E-state index in [1.807, 2.05) is 0 Å². The first-order chi connectivity index (χ1) is 12.6. The molecule has 0 unspecified atom stereocenters. The van der Waals surface area contributed by atoms with E-state index in [0.29, 0.717) is 12.9 Å². The maximum atomic E-state index is 12.3. The van der Waals surface area contributed by atoms with Gasteiger partial charge in [-0.05, 0) is 0 Å². The van der Waals surface area contributed by atoms with Gasteiger partial charge in [0.15, 0.2) is 0 Å². The molecule has 0 aliphatic carbocycles. The van der Waals surface area contributed by atoms with Crippen molar-refractivity contribution in [2.24, 2.45) is 0 Å². The van der Waals surface area contributed by atoms with Crippen molar-refractivity contribution in [1.82, 2.24) is 0 Å². The minimum absolute atomic E-state index is 0.141. The summed E-state index contributed by atoms with van der Waals surface area (Å²) in [6.07, 6.45) is 15.5. The molecule has 0 aromatic carbocycles. The van der Waals surface area contributed by atoms with Crippen LogP contribution in [0.1, 0.15) is 111 Å².